The average Bonchev–Trinajstić information content (AvgIpc) is 2.32. The quantitative estimate of drug-likeness (QED) is 0.632. The fourth-order valence-corrected chi connectivity index (χ4v) is 1.43. The number of hydrogen-bond acceptors (Lipinski definition) is 4. The van der Waals surface area contributed by atoms with E-state index in [1.807, 2.05) is 0 Å². The van der Waals surface area contributed by atoms with Gasteiger partial charge in [-0.25, -0.2) is 4.39 Å². The molecule has 0 unspecified atom stereocenters. The van der Waals surface area contributed by atoms with Crippen LogP contribution in [0, 0.1) is 17.1 Å². The summed E-state index contributed by atoms with van der Waals surface area (Å²) in [5.74, 6) is -3.03. The molecule has 0 fully saturated rings. The maximum Gasteiger partial charge on any atom is 0.573 e. The third-order valence-corrected chi connectivity index (χ3v) is 2.17. The molecule has 8 heteroatoms. The Morgan fingerprint density at radius 3 is 2.55 bits per heavy atom. The molecule has 0 bridgehead atoms. The molecular formula is C12H9F4NO3. The molecular weight excluding hydrogens is 282 g/mol. The molecule has 0 saturated heterocycles. The SMILES string of the molecule is CCOC(=O)Cc1c(OC(F)(F)F)ccc(C#N)c1F. The third-order valence-electron chi connectivity index (χ3n) is 2.17. The fraction of sp³-hybridized carbons (Fsp3) is 0.333. The first-order chi connectivity index (χ1) is 9.28. The Morgan fingerprint density at radius 1 is 1.40 bits per heavy atom. The lowest BCUT2D eigenvalue weighted by Gasteiger charge is -2.14. The summed E-state index contributed by atoms with van der Waals surface area (Å²) in [5, 5.41) is 8.63. The standard InChI is InChI=1S/C12H9F4NO3/c1-2-19-10(18)5-8-9(20-12(14,15)16)4-3-7(6-17)11(8)13/h3-4H,2,5H2,1H3. The van der Waals surface area contributed by atoms with Crippen LogP contribution < -0.4 is 4.74 Å². The first kappa shape index (κ1) is 15.8. The van der Waals surface area contributed by atoms with E-state index in [0.29, 0.717) is 0 Å². The van der Waals surface area contributed by atoms with Gasteiger partial charge in [-0.05, 0) is 19.1 Å². The van der Waals surface area contributed by atoms with Crippen molar-refractivity contribution < 1.29 is 31.8 Å². The summed E-state index contributed by atoms with van der Waals surface area (Å²) < 4.78 is 58.6. The number of nitrogens with zero attached hydrogens (tertiary/aromatic N) is 1. The van der Waals surface area contributed by atoms with Crippen molar-refractivity contribution in [1.29, 1.82) is 5.26 Å². The highest BCUT2D eigenvalue weighted by molar-refractivity contribution is 5.74. The number of alkyl halides is 3. The summed E-state index contributed by atoms with van der Waals surface area (Å²) in [7, 11) is 0. The zero-order chi connectivity index (χ0) is 15.3. The molecule has 1 rings (SSSR count). The Labute approximate surface area is 111 Å². The van der Waals surface area contributed by atoms with E-state index >= 15 is 0 Å². The molecule has 0 spiro atoms. The number of rotatable bonds is 4. The molecule has 0 radical (unpaired) electrons. The molecule has 4 nitrogen and oxygen atoms in total. The van der Waals surface area contributed by atoms with Crippen LogP contribution >= 0.6 is 0 Å². The normalized spacial score (nSPS) is 10.8. The van der Waals surface area contributed by atoms with Crippen LogP contribution in [-0.4, -0.2) is 18.9 Å². The van der Waals surface area contributed by atoms with Gasteiger partial charge in [0.1, 0.15) is 17.6 Å². The summed E-state index contributed by atoms with van der Waals surface area (Å²) in [4.78, 5) is 11.3. The van der Waals surface area contributed by atoms with Crippen LogP contribution in [0.15, 0.2) is 12.1 Å². The first-order valence-electron chi connectivity index (χ1n) is 5.41. The lowest BCUT2D eigenvalue weighted by Crippen LogP contribution is -2.20. The molecule has 20 heavy (non-hydrogen) atoms. The molecule has 0 heterocycles. The van der Waals surface area contributed by atoms with Gasteiger partial charge in [-0.2, -0.15) is 5.26 Å². The highest BCUT2D eigenvalue weighted by atomic mass is 19.4. The van der Waals surface area contributed by atoms with Gasteiger partial charge < -0.3 is 9.47 Å². The summed E-state index contributed by atoms with van der Waals surface area (Å²) in [5.41, 5.74) is -1.15. The van der Waals surface area contributed by atoms with E-state index in [2.05, 4.69) is 9.47 Å². The van der Waals surface area contributed by atoms with Gasteiger partial charge in [-0.1, -0.05) is 0 Å². The van der Waals surface area contributed by atoms with E-state index in [4.69, 9.17) is 5.26 Å². The van der Waals surface area contributed by atoms with Gasteiger partial charge in [-0.3, -0.25) is 4.79 Å². The summed E-state index contributed by atoms with van der Waals surface area (Å²) >= 11 is 0. The largest absolute Gasteiger partial charge is 0.573 e. The molecule has 108 valence electrons. The second-order valence-corrected chi connectivity index (χ2v) is 3.55. The number of ether oxygens (including phenoxy) is 2. The molecule has 0 aliphatic rings. The van der Waals surface area contributed by atoms with E-state index < -0.39 is 41.4 Å². The van der Waals surface area contributed by atoms with Crippen LogP contribution in [-0.2, 0) is 16.0 Å². The Morgan fingerprint density at radius 2 is 2.05 bits per heavy atom. The van der Waals surface area contributed by atoms with Gasteiger partial charge in [0.25, 0.3) is 0 Å². The zero-order valence-electron chi connectivity index (χ0n) is 10.3. The number of carbonyl (C=O) groups excluding carboxylic acids is 1. The lowest BCUT2D eigenvalue weighted by molar-refractivity contribution is -0.275. The monoisotopic (exact) mass is 291 g/mol. The van der Waals surface area contributed by atoms with Crippen LogP contribution in [0.1, 0.15) is 18.1 Å². The Balaban J connectivity index is 3.21. The maximum atomic E-state index is 13.8. The minimum absolute atomic E-state index is 0.00610. The smallest absolute Gasteiger partial charge is 0.466 e. The fourth-order valence-electron chi connectivity index (χ4n) is 1.43. The van der Waals surface area contributed by atoms with E-state index in [1.165, 1.54) is 13.0 Å². The molecule has 0 N–H and O–H groups in total. The van der Waals surface area contributed by atoms with Crippen molar-refractivity contribution in [1.82, 2.24) is 0 Å². The van der Waals surface area contributed by atoms with Crippen LogP contribution in [0.4, 0.5) is 17.6 Å². The van der Waals surface area contributed by atoms with E-state index in [9.17, 15) is 22.4 Å². The van der Waals surface area contributed by atoms with Gasteiger partial charge in [0.15, 0.2) is 0 Å². The molecule has 0 saturated carbocycles. The van der Waals surface area contributed by atoms with Gasteiger partial charge in [-0.15, -0.1) is 13.2 Å². The van der Waals surface area contributed by atoms with Crippen molar-refractivity contribution >= 4 is 5.97 Å². The minimum atomic E-state index is -5.04. The van der Waals surface area contributed by atoms with Crippen LogP contribution in [0.25, 0.3) is 0 Å². The zero-order valence-corrected chi connectivity index (χ0v) is 10.3. The average molecular weight is 291 g/mol. The van der Waals surface area contributed by atoms with Crippen molar-refractivity contribution in [3.63, 3.8) is 0 Å². The highest BCUT2D eigenvalue weighted by Crippen LogP contribution is 2.30. The van der Waals surface area contributed by atoms with Crippen molar-refractivity contribution in [3.05, 3.63) is 29.1 Å². The first-order valence-corrected chi connectivity index (χ1v) is 5.41. The molecule has 0 aliphatic heterocycles. The topological polar surface area (TPSA) is 59.3 Å². The number of benzene rings is 1. The van der Waals surface area contributed by atoms with Crippen LogP contribution in [0.5, 0.6) is 5.75 Å². The van der Waals surface area contributed by atoms with Crippen LogP contribution in [0.3, 0.4) is 0 Å². The highest BCUT2D eigenvalue weighted by Gasteiger charge is 2.33. The number of hydrogen-bond donors (Lipinski definition) is 0. The second-order valence-electron chi connectivity index (χ2n) is 3.55. The van der Waals surface area contributed by atoms with Gasteiger partial charge in [0.05, 0.1) is 18.6 Å². The number of halogens is 4. The molecule has 0 aliphatic carbocycles. The summed E-state index contributed by atoms with van der Waals surface area (Å²) in [6.07, 6.45) is -5.80. The van der Waals surface area contributed by atoms with Crippen molar-refractivity contribution in [3.8, 4) is 11.8 Å². The van der Waals surface area contributed by atoms with Gasteiger partial charge >= 0.3 is 12.3 Å². The Kier molecular flexibility index (Phi) is 4.91. The summed E-state index contributed by atoms with van der Waals surface area (Å²) in [6.45, 7) is 1.49. The molecule has 1 aromatic carbocycles. The van der Waals surface area contributed by atoms with E-state index in [1.54, 1.807) is 0 Å². The lowest BCUT2D eigenvalue weighted by atomic mass is 10.1. The number of carbonyl (C=O) groups is 1. The van der Waals surface area contributed by atoms with Crippen LogP contribution in [0.2, 0.25) is 0 Å². The second kappa shape index (κ2) is 6.23. The van der Waals surface area contributed by atoms with Gasteiger partial charge in [0.2, 0.25) is 0 Å². The van der Waals surface area contributed by atoms with Crippen molar-refractivity contribution in [2.45, 2.75) is 19.7 Å². The molecule has 1 aromatic rings. The molecule has 0 amide bonds. The number of esters is 1. The van der Waals surface area contributed by atoms with Crippen molar-refractivity contribution in [2.75, 3.05) is 6.61 Å². The third kappa shape index (κ3) is 4.12. The van der Waals surface area contributed by atoms with Gasteiger partial charge in [0, 0.05) is 5.56 Å². The van der Waals surface area contributed by atoms with Crippen molar-refractivity contribution in [2.24, 2.45) is 0 Å². The maximum absolute atomic E-state index is 13.8. The van der Waals surface area contributed by atoms with E-state index in [-0.39, 0.29) is 6.61 Å². The van der Waals surface area contributed by atoms with E-state index in [0.717, 1.165) is 12.1 Å². The minimum Gasteiger partial charge on any atom is -0.466 e. The predicted molar refractivity (Wildman–Crippen MR) is 58.1 cm³/mol. The molecule has 0 aromatic heterocycles. The summed E-state index contributed by atoms with van der Waals surface area (Å²) in [6, 6.07) is 3.09. The number of nitriles is 1. The Bertz CT molecular complexity index is 549. The molecule has 0 atom stereocenters. The predicted octanol–water partition coefficient (Wildman–Crippen LogP) is 2.70. The Hall–Kier alpha value is -2.30.